The largest absolute Gasteiger partial charge is 0.378 e. The first-order chi connectivity index (χ1) is 11.9. The number of nitro benzene ring substituents is 1. The number of benzene rings is 2. The fourth-order valence-corrected chi connectivity index (χ4v) is 3.04. The number of carbonyl (C=O) groups is 1. The Morgan fingerprint density at radius 3 is 2.28 bits per heavy atom. The van der Waals surface area contributed by atoms with Crippen LogP contribution in [0.1, 0.15) is 12.5 Å². The van der Waals surface area contributed by atoms with Crippen molar-refractivity contribution in [3.63, 3.8) is 0 Å². The summed E-state index contributed by atoms with van der Waals surface area (Å²) >= 11 is 1.37. The van der Waals surface area contributed by atoms with Gasteiger partial charge in [0.2, 0.25) is 5.91 Å². The maximum Gasteiger partial charge on any atom is 0.269 e. The van der Waals surface area contributed by atoms with E-state index in [1.165, 1.54) is 23.9 Å². The van der Waals surface area contributed by atoms with Gasteiger partial charge < -0.3 is 10.2 Å². The first-order valence-electron chi connectivity index (χ1n) is 7.82. The molecule has 1 amide bonds. The molecule has 2 rings (SSSR count). The van der Waals surface area contributed by atoms with Gasteiger partial charge in [-0.1, -0.05) is 12.1 Å². The molecule has 6 nitrogen and oxygen atoms in total. The molecule has 0 bridgehead atoms. The zero-order valence-corrected chi connectivity index (χ0v) is 15.2. The smallest absolute Gasteiger partial charge is 0.269 e. The van der Waals surface area contributed by atoms with Crippen LogP contribution in [0.4, 0.5) is 11.4 Å². The SMILES string of the molecule is C[C@H](Sc1ccc([N+](=O)[O-])cc1)C(=O)NCc1ccc(N(C)C)cc1. The van der Waals surface area contributed by atoms with Crippen molar-refractivity contribution in [3.05, 3.63) is 64.2 Å². The van der Waals surface area contributed by atoms with Crippen LogP contribution >= 0.6 is 11.8 Å². The Labute approximate surface area is 151 Å². The van der Waals surface area contributed by atoms with Gasteiger partial charge in [-0.05, 0) is 36.8 Å². The highest BCUT2D eigenvalue weighted by Gasteiger charge is 2.15. The molecule has 0 aliphatic heterocycles. The van der Waals surface area contributed by atoms with E-state index in [4.69, 9.17) is 0 Å². The first-order valence-corrected chi connectivity index (χ1v) is 8.70. The Kier molecular flexibility index (Phi) is 6.41. The fraction of sp³-hybridized carbons (Fsp3) is 0.278. The number of hydrogen-bond acceptors (Lipinski definition) is 5. The van der Waals surface area contributed by atoms with Gasteiger partial charge in [0.25, 0.3) is 5.69 Å². The van der Waals surface area contributed by atoms with Gasteiger partial charge >= 0.3 is 0 Å². The van der Waals surface area contributed by atoms with Gasteiger partial charge in [-0.2, -0.15) is 0 Å². The summed E-state index contributed by atoms with van der Waals surface area (Å²) < 4.78 is 0. The zero-order chi connectivity index (χ0) is 18.4. The number of carbonyl (C=O) groups excluding carboxylic acids is 1. The molecule has 0 radical (unpaired) electrons. The molecule has 25 heavy (non-hydrogen) atoms. The summed E-state index contributed by atoms with van der Waals surface area (Å²) in [5.74, 6) is -0.0694. The molecule has 0 aromatic heterocycles. The predicted octanol–water partition coefficient (Wildman–Crippen LogP) is 3.46. The third kappa shape index (κ3) is 5.49. The molecular weight excluding hydrogens is 338 g/mol. The molecule has 0 saturated heterocycles. The Morgan fingerprint density at radius 1 is 1.16 bits per heavy atom. The van der Waals surface area contributed by atoms with Gasteiger partial charge in [-0.25, -0.2) is 0 Å². The third-order valence-corrected chi connectivity index (χ3v) is 4.76. The van der Waals surface area contributed by atoms with Crippen molar-refractivity contribution in [3.8, 4) is 0 Å². The highest BCUT2D eigenvalue weighted by Crippen LogP contribution is 2.25. The molecule has 2 aromatic rings. The second-order valence-corrected chi connectivity index (χ2v) is 7.20. The molecule has 1 N–H and O–H groups in total. The number of anilines is 1. The van der Waals surface area contributed by atoms with E-state index in [1.807, 2.05) is 50.2 Å². The Balaban J connectivity index is 1.86. The zero-order valence-electron chi connectivity index (χ0n) is 14.4. The fourth-order valence-electron chi connectivity index (χ4n) is 2.15. The van der Waals surface area contributed by atoms with E-state index in [-0.39, 0.29) is 16.8 Å². The van der Waals surface area contributed by atoms with E-state index in [0.717, 1.165) is 16.1 Å². The molecular formula is C18H21N3O3S. The first kappa shape index (κ1) is 18.8. The number of nitrogens with zero attached hydrogens (tertiary/aromatic N) is 2. The number of nitro groups is 1. The van der Waals surface area contributed by atoms with Crippen LogP contribution in [0.15, 0.2) is 53.4 Å². The van der Waals surface area contributed by atoms with Gasteiger partial charge in [0.15, 0.2) is 0 Å². The van der Waals surface area contributed by atoms with Crippen LogP contribution in [0.3, 0.4) is 0 Å². The van der Waals surface area contributed by atoms with Crippen LogP contribution in [-0.2, 0) is 11.3 Å². The average molecular weight is 359 g/mol. The Morgan fingerprint density at radius 2 is 1.76 bits per heavy atom. The maximum absolute atomic E-state index is 12.2. The molecule has 1 atom stereocenters. The number of non-ortho nitro benzene ring substituents is 1. The van der Waals surface area contributed by atoms with Crippen LogP contribution in [0.2, 0.25) is 0 Å². The monoisotopic (exact) mass is 359 g/mol. The van der Waals surface area contributed by atoms with Crippen molar-refractivity contribution in [1.29, 1.82) is 0 Å². The lowest BCUT2D eigenvalue weighted by Gasteiger charge is -2.14. The van der Waals surface area contributed by atoms with E-state index < -0.39 is 4.92 Å². The van der Waals surface area contributed by atoms with Crippen LogP contribution in [0.25, 0.3) is 0 Å². The van der Waals surface area contributed by atoms with Gasteiger partial charge in [0, 0.05) is 43.4 Å². The van der Waals surface area contributed by atoms with E-state index in [0.29, 0.717) is 6.54 Å². The van der Waals surface area contributed by atoms with E-state index in [2.05, 4.69) is 5.32 Å². The minimum atomic E-state index is -0.438. The van der Waals surface area contributed by atoms with E-state index in [1.54, 1.807) is 12.1 Å². The summed E-state index contributed by atoms with van der Waals surface area (Å²) in [7, 11) is 3.96. The number of rotatable bonds is 7. The van der Waals surface area contributed by atoms with Gasteiger partial charge in [0.05, 0.1) is 10.2 Å². The molecule has 0 fully saturated rings. The molecule has 0 aliphatic carbocycles. The minimum Gasteiger partial charge on any atom is -0.378 e. The van der Waals surface area contributed by atoms with E-state index in [9.17, 15) is 14.9 Å². The number of nitrogens with one attached hydrogen (secondary N) is 1. The van der Waals surface area contributed by atoms with Crippen LogP contribution in [0.5, 0.6) is 0 Å². The van der Waals surface area contributed by atoms with Gasteiger partial charge in [0.1, 0.15) is 0 Å². The number of thioether (sulfide) groups is 1. The molecule has 132 valence electrons. The summed E-state index contributed by atoms with van der Waals surface area (Å²) in [5, 5.41) is 13.3. The molecule has 0 heterocycles. The van der Waals surface area contributed by atoms with E-state index >= 15 is 0 Å². The summed E-state index contributed by atoms with van der Waals surface area (Å²) in [6, 6.07) is 14.2. The van der Waals surface area contributed by atoms with Gasteiger partial charge in [-0.15, -0.1) is 11.8 Å². The molecule has 2 aromatic carbocycles. The number of hydrogen-bond donors (Lipinski definition) is 1. The third-order valence-electron chi connectivity index (χ3n) is 3.65. The van der Waals surface area contributed by atoms with Crippen molar-refractivity contribution in [2.24, 2.45) is 0 Å². The lowest BCUT2D eigenvalue weighted by atomic mass is 10.2. The molecule has 0 unspecified atom stereocenters. The minimum absolute atomic E-state index is 0.0441. The summed E-state index contributed by atoms with van der Waals surface area (Å²) in [5.41, 5.74) is 2.19. The predicted molar refractivity (Wildman–Crippen MR) is 101 cm³/mol. The quantitative estimate of drug-likeness (QED) is 0.465. The van der Waals surface area contributed by atoms with Gasteiger partial charge in [-0.3, -0.25) is 14.9 Å². The highest BCUT2D eigenvalue weighted by atomic mass is 32.2. The number of amides is 1. The van der Waals surface area contributed by atoms with Crippen molar-refractivity contribution < 1.29 is 9.72 Å². The van der Waals surface area contributed by atoms with Crippen LogP contribution in [0, 0.1) is 10.1 Å². The van der Waals surface area contributed by atoms with Crippen molar-refractivity contribution in [2.75, 3.05) is 19.0 Å². The molecule has 0 aliphatic rings. The van der Waals surface area contributed by atoms with Crippen LogP contribution in [-0.4, -0.2) is 30.2 Å². The van der Waals surface area contributed by atoms with Crippen molar-refractivity contribution in [1.82, 2.24) is 5.32 Å². The topological polar surface area (TPSA) is 75.5 Å². The summed E-state index contributed by atoms with van der Waals surface area (Å²) in [6.45, 7) is 2.29. The lowest BCUT2D eigenvalue weighted by molar-refractivity contribution is -0.384. The van der Waals surface area contributed by atoms with Crippen molar-refractivity contribution in [2.45, 2.75) is 23.6 Å². The second kappa shape index (κ2) is 8.53. The molecule has 7 heteroatoms. The Bertz CT molecular complexity index is 730. The van der Waals surface area contributed by atoms with Crippen molar-refractivity contribution >= 4 is 29.0 Å². The summed E-state index contributed by atoms with van der Waals surface area (Å²) in [6.07, 6.45) is 0. The molecule has 0 spiro atoms. The normalized spacial score (nSPS) is 11.6. The summed E-state index contributed by atoms with van der Waals surface area (Å²) in [4.78, 5) is 25.3. The highest BCUT2D eigenvalue weighted by molar-refractivity contribution is 8.00. The standard InChI is InChI=1S/C18H21N3O3S/c1-13(25-17-10-8-16(9-11-17)21(23)24)18(22)19-12-14-4-6-15(7-5-14)20(2)3/h4-11,13H,12H2,1-3H3,(H,19,22)/t13-/m0/s1. The maximum atomic E-state index is 12.2. The Hall–Kier alpha value is -2.54. The average Bonchev–Trinajstić information content (AvgIpc) is 2.60. The second-order valence-electron chi connectivity index (χ2n) is 5.79. The van der Waals surface area contributed by atoms with Crippen LogP contribution < -0.4 is 10.2 Å². The lowest BCUT2D eigenvalue weighted by Crippen LogP contribution is -2.30. The molecule has 0 saturated carbocycles.